The average molecular weight is 218 g/mol. The van der Waals surface area contributed by atoms with Crippen LogP contribution in [-0.4, -0.2) is 4.98 Å². The van der Waals surface area contributed by atoms with Crippen LogP contribution in [0.1, 0.15) is 31.0 Å². The van der Waals surface area contributed by atoms with Crippen LogP contribution in [0.15, 0.2) is 18.2 Å². The van der Waals surface area contributed by atoms with Crippen LogP contribution >= 0.6 is 0 Å². The fourth-order valence-electron chi connectivity index (χ4n) is 2.13. The van der Waals surface area contributed by atoms with Crippen LogP contribution in [0.4, 0.5) is 10.1 Å². The first-order valence-electron chi connectivity index (χ1n) is 5.36. The van der Waals surface area contributed by atoms with Crippen molar-refractivity contribution in [1.29, 1.82) is 0 Å². The smallest absolute Gasteiger partial charge is 0.125 e. The largest absolute Gasteiger partial charge is 0.398 e. The van der Waals surface area contributed by atoms with Crippen LogP contribution < -0.4 is 5.73 Å². The van der Waals surface area contributed by atoms with Crippen LogP contribution in [0.2, 0.25) is 0 Å². The van der Waals surface area contributed by atoms with E-state index < -0.39 is 0 Å². The summed E-state index contributed by atoms with van der Waals surface area (Å²) in [5, 5.41) is 0.829. The number of aryl methyl sites for hydroxylation is 1. The van der Waals surface area contributed by atoms with Gasteiger partial charge in [-0.25, -0.2) is 4.39 Å². The molecule has 2 N–H and O–H groups in total. The Labute approximate surface area is 94.3 Å². The third-order valence-electron chi connectivity index (χ3n) is 2.80. The maximum absolute atomic E-state index is 13.1. The highest BCUT2D eigenvalue weighted by molar-refractivity contribution is 5.92. The molecule has 0 spiro atoms. The van der Waals surface area contributed by atoms with Crippen LogP contribution in [0, 0.1) is 12.7 Å². The summed E-state index contributed by atoms with van der Waals surface area (Å²) < 4.78 is 13.1. The van der Waals surface area contributed by atoms with Gasteiger partial charge in [0.2, 0.25) is 0 Å². The van der Waals surface area contributed by atoms with E-state index in [0.717, 1.165) is 22.3 Å². The third kappa shape index (κ3) is 1.62. The van der Waals surface area contributed by atoms with Crippen molar-refractivity contribution in [2.24, 2.45) is 0 Å². The van der Waals surface area contributed by atoms with E-state index in [-0.39, 0.29) is 5.82 Å². The van der Waals surface area contributed by atoms with Gasteiger partial charge in [-0.15, -0.1) is 0 Å². The van der Waals surface area contributed by atoms with E-state index in [0.29, 0.717) is 11.4 Å². The lowest BCUT2D eigenvalue weighted by Crippen LogP contribution is -2.03. The lowest BCUT2D eigenvalue weighted by Gasteiger charge is -2.14. The number of nitrogens with zero attached hydrogens (tertiary/aromatic N) is 1. The molecule has 1 heterocycles. The fourth-order valence-corrected chi connectivity index (χ4v) is 2.13. The summed E-state index contributed by atoms with van der Waals surface area (Å²) >= 11 is 0. The molecule has 0 atom stereocenters. The van der Waals surface area contributed by atoms with Crippen LogP contribution in [0.3, 0.4) is 0 Å². The Kier molecular flexibility index (Phi) is 2.54. The van der Waals surface area contributed by atoms with Gasteiger partial charge in [0.25, 0.3) is 0 Å². The molecule has 3 heteroatoms. The minimum absolute atomic E-state index is 0.281. The maximum Gasteiger partial charge on any atom is 0.125 e. The summed E-state index contributed by atoms with van der Waals surface area (Å²) in [6, 6.07) is 4.53. The van der Waals surface area contributed by atoms with Gasteiger partial charge in [0.15, 0.2) is 0 Å². The Hall–Kier alpha value is -1.64. The summed E-state index contributed by atoms with van der Waals surface area (Å²) in [6.07, 6.45) is 0. The second-order valence-electron chi connectivity index (χ2n) is 4.34. The molecule has 0 bridgehead atoms. The van der Waals surface area contributed by atoms with Gasteiger partial charge in [-0.05, 0) is 30.5 Å². The van der Waals surface area contributed by atoms with Crippen molar-refractivity contribution in [3.63, 3.8) is 0 Å². The molecular formula is C13H15FN2. The third-order valence-corrected chi connectivity index (χ3v) is 2.80. The van der Waals surface area contributed by atoms with E-state index in [1.54, 1.807) is 6.07 Å². The Bertz CT molecular complexity index is 547. The van der Waals surface area contributed by atoms with Crippen molar-refractivity contribution < 1.29 is 4.39 Å². The van der Waals surface area contributed by atoms with Gasteiger partial charge >= 0.3 is 0 Å². The molecule has 0 radical (unpaired) electrons. The Morgan fingerprint density at radius 3 is 2.62 bits per heavy atom. The van der Waals surface area contributed by atoms with Crippen LogP contribution in [0.5, 0.6) is 0 Å². The molecule has 0 aliphatic carbocycles. The number of pyridine rings is 1. The second kappa shape index (κ2) is 3.74. The molecule has 0 unspecified atom stereocenters. The molecule has 0 amide bonds. The predicted octanol–water partition coefficient (Wildman–Crippen LogP) is 3.39. The van der Waals surface area contributed by atoms with Crippen molar-refractivity contribution in [1.82, 2.24) is 4.98 Å². The number of benzene rings is 1. The molecule has 2 aromatic rings. The number of rotatable bonds is 1. The fraction of sp³-hybridized carbons (Fsp3) is 0.308. The number of fused-ring (bicyclic) bond motifs is 1. The van der Waals surface area contributed by atoms with Gasteiger partial charge < -0.3 is 5.73 Å². The van der Waals surface area contributed by atoms with Crippen molar-refractivity contribution in [3.8, 4) is 0 Å². The first-order chi connectivity index (χ1) is 7.50. The zero-order valence-electron chi connectivity index (χ0n) is 9.71. The van der Waals surface area contributed by atoms with Gasteiger partial charge in [0.05, 0.1) is 5.52 Å². The topological polar surface area (TPSA) is 38.9 Å². The quantitative estimate of drug-likeness (QED) is 0.796. The summed E-state index contributed by atoms with van der Waals surface area (Å²) in [5.74, 6) is 0.0399. The molecule has 0 fully saturated rings. The molecule has 1 aromatic carbocycles. The molecule has 0 aliphatic rings. The highest BCUT2D eigenvalue weighted by atomic mass is 19.1. The first kappa shape index (κ1) is 10.9. The predicted molar refractivity (Wildman–Crippen MR) is 64.9 cm³/mol. The van der Waals surface area contributed by atoms with E-state index in [9.17, 15) is 4.39 Å². The highest BCUT2D eigenvalue weighted by Crippen LogP contribution is 2.31. The summed E-state index contributed by atoms with van der Waals surface area (Å²) in [7, 11) is 0. The average Bonchev–Trinajstić information content (AvgIpc) is 2.15. The lowest BCUT2D eigenvalue weighted by atomic mass is 9.97. The minimum atomic E-state index is -0.281. The van der Waals surface area contributed by atoms with E-state index in [1.165, 1.54) is 12.1 Å². The SMILES string of the molecule is Cc1nc2cc(F)ccc2c(N)c1C(C)C. The van der Waals surface area contributed by atoms with Crippen LogP contribution in [-0.2, 0) is 0 Å². The molecule has 0 aliphatic heterocycles. The van der Waals surface area contributed by atoms with Crippen molar-refractivity contribution in [2.45, 2.75) is 26.7 Å². The molecule has 84 valence electrons. The number of halogens is 1. The molecule has 2 rings (SSSR count). The Morgan fingerprint density at radius 1 is 1.31 bits per heavy atom. The molecule has 16 heavy (non-hydrogen) atoms. The van der Waals surface area contributed by atoms with E-state index in [1.807, 2.05) is 6.92 Å². The summed E-state index contributed by atoms with van der Waals surface area (Å²) in [6.45, 7) is 6.07. The normalized spacial score (nSPS) is 11.3. The van der Waals surface area contributed by atoms with Gasteiger partial charge in [-0.1, -0.05) is 13.8 Å². The molecule has 1 aromatic heterocycles. The van der Waals surface area contributed by atoms with Crippen LogP contribution in [0.25, 0.3) is 10.9 Å². The Morgan fingerprint density at radius 2 is 2.00 bits per heavy atom. The van der Waals surface area contributed by atoms with Crippen molar-refractivity contribution in [3.05, 3.63) is 35.3 Å². The highest BCUT2D eigenvalue weighted by Gasteiger charge is 2.13. The summed E-state index contributed by atoms with van der Waals surface area (Å²) in [4.78, 5) is 4.40. The molecule has 2 nitrogen and oxygen atoms in total. The van der Waals surface area contributed by atoms with Gasteiger partial charge in [0.1, 0.15) is 5.82 Å². The number of nitrogen functional groups attached to an aromatic ring is 1. The standard InChI is InChI=1S/C13H15FN2/c1-7(2)12-8(3)16-11-6-9(14)4-5-10(11)13(12)15/h4-7H,1-3H3,(H2,15,16). The monoisotopic (exact) mass is 218 g/mol. The minimum Gasteiger partial charge on any atom is -0.398 e. The zero-order valence-corrected chi connectivity index (χ0v) is 9.71. The number of aromatic nitrogens is 1. The molecule has 0 saturated carbocycles. The lowest BCUT2D eigenvalue weighted by molar-refractivity contribution is 0.629. The molecular weight excluding hydrogens is 203 g/mol. The van der Waals surface area contributed by atoms with E-state index >= 15 is 0 Å². The number of nitrogens with two attached hydrogens (primary N) is 1. The van der Waals surface area contributed by atoms with E-state index in [2.05, 4.69) is 18.8 Å². The summed E-state index contributed by atoms with van der Waals surface area (Å²) in [5.41, 5.74) is 9.39. The van der Waals surface area contributed by atoms with Gasteiger partial charge in [-0.2, -0.15) is 0 Å². The number of anilines is 1. The first-order valence-corrected chi connectivity index (χ1v) is 5.36. The van der Waals surface area contributed by atoms with Gasteiger partial charge in [-0.3, -0.25) is 4.98 Å². The van der Waals surface area contributed by atoms with E-state index in [4.69, 9.17) is 5.73 Å². The zero-order chi connectivity index (χ0) is 11.9. The molecule has 0 saturated heterocycles. The van der Waals surface area contributed by atoms with Crippen molar-refractivity contribution >= 4 is 16.6 Å². The van der Waals surface area contributed by atoms with Gasteiger partial charge in [0, 0.05) is 22.8 Å². The Balaban J connectivity index is 2.83. The number of hydrogen-bond acceptors (Lipinski definition) is 2. The van der Waals surface area contributed by atoms with Crippen molar-refractivity contribution in [2.75, 3.05) is 5.73 Å². The maximum atomic E-state index is 13.1. The number of hydrogen-bond donors (Lipinski definition) is 1. The second-order valence-corrected chi connectivity index (χ2v) is 4.34.